The lowest BCUT2D eigenvalue weighted by molar-refractivity contribution is -0.385. The largest absolute Gasteiger partial charge is 0.338 e. The summed E-state index contributed by atoms with van der Waals surface area (Å²) in [4.78, 5) is 38.3. The van der Waals surface area contributed by atoms with Gasteiger partial charge < -0.3 is 10.2 Å². The van der Waals surface area contributed by atoms with Crippen LogP contribution in [-0.2, 0) is 0 Å². The van der Waals surface area contributed by atoms with Crippen molar-refractivity contribution in [3.8, 4) is 0 Å². The Balaban J connectivity index is 1.84. The number of hydrogen-bond donors (Lipinski definition) is 1. The Bertz CT molecular complexity index is 947. The molecule has 29 heavy (non-hydrogen) atoms. The van der Waals surface area contributed by atoms with Crippen LogP contribution in [0.2, 0.25) is 0 Å². The number of para-hydroxylation sites is 1. The number of piperidine rings is 1. The van der Waals surface area contributed by atoms with Gasteiger partial charge in [-0.1, -0.05) is 32.0 Å². The fourth-order valence-electron chi connectivity index (χ4n) is 3.92. The Labute approximate surface area is 169 Å². The summed E-state index contributed by atoms with van der Waals surface area (Å²) >= 11 is 0. The van der Waals surface area contributed by atoms with Gasteiger partial charge in [-0.05, 0) is 43.4 Å². The third-order valence-electron chi connectivity index (χ3n) is 5.23. The molecule has 2 atom stereocenters. The summed E-state index contributed by atoms with van der Waals surface area (Å²) in [6, 6.07) is 11.2. The van der Waals surface area contributed by atoms with Crippen molar-refractivity contribution >= 4 is 23.2 Å². The minimum atomic E-state index is -0.512. The lowest BCUT2D eigenvalue weighted by atomic mass is 9.91. The van der Waals surface area contributed by atoms with Crippen molar-refractivity contribution in [3.63, 3.8) is 0 Å². The number of anilines is 1. The lowest BCUT2D eigenvalue weighted by Gasteiger charge is -2.35. The Morgan fingerprint density at radius 3 is 2.41 bits per heavy atom. The molecule has 0 spiro atoms. The fraction of sp³-hybridized carbons (Fsp3) is 0.364. The van der Waals surface area contributed by atoms with Crippen LogP contribution >= 0.6 is 0 Å². The van der Waals surface area contributed by atoms with Crippen molar-refractivity contribution in [2.75, 3.05) is 18.4 Å². The summed E-state index contributed by atoms with van der Waals surface area (Å²) in [6.45, 7) is 7.27. The monoisotopic (exact) mass is 395 g/mol. The molecular formula is C22H25N3O4. The minimum absolute atomic E-state index is 0.113. The zero-order valence-corrected chi connectivity index (χ0v) is 16.8. The summed E-state index contributed by atoms with van der Waals surface area (Å²) in [5, 5.41) is 13.9. The molecule has 3 rings (SSSR count). The predicted octanol–water partition coefficient (Wildman–Crippen LogP) is 4.27. The van der Waals surface area contributed by atoms with E-state index in [1.54, 1.807) is 37.3 Å². The van der Waals surface area contributed by atoms with Gasteiger partial charge in [0.05, 0.1) is 16.2 Å². The van der Waals surface area contributed by atoms with Crippen LogP contribution in [0.25, 0.3) is 0 Å². The SMILES string of the molecule is Cc1ccc(C(=O)Nc2ccccc2C(=O)N2CC(C)CC(C)C2)cc1[N+](=O)[O-]. The fourth-order valence-corrected chi connectivity index (χ4v) is 3.92. The molecule has 2 amide bonds. The number of aryl methyl sites for hydroxylation is 1. The lowest BCUT2D eigenvalue weighted by Crippen LogP contribution is -2.42. The molecule has 1 aliphatic rings. The summed E-state index contributed by atoms with van der Waals surface area (Å²) in [5.41, 5.74) is 1.36. The normalized spacial score (nSPS) is 18.9. The Hall–Kier alpha value is -3.22. The molecule has 0 saturated carbocycles. The van der Waals surface area contributed by atoms with Crippen molar-refractivity contribution in [2.24, 2.45) is 11.8 Å². The van der Waals surface area contributed by atoms with Gasteiger partial charge in [-0.2, -0.15) is 0 Å². The van der Waals surface area contributed by atoms with E-state index in [-0.39, 0.29) is 17.2 Å². The van der Waals surface area contributed by atoms with Gasteiger partial charge in [0.2, 0.25) is 0 Å². The molecule has 152 valence electrons. The first kappa shape index (κ1) is 20.5. The van der Waals surface area contributed by atoms with Crippen molar-refractivity contribution in [1.29, 1.82) is 0 Å². The molecule has 1 saturated heterocycles. The van der Waals surface area contributed by atoms with E-state index in [4.69, 9.17) is 0 Å². The van der Waals surface area contributed by atoms with Crippen LogP contribution in [-0.4, -0.2) is 34.7 Å². The van der Waals surface area contributed by atoms with E-state index < -0.39 is 10.8 Å². The molecule has 0 bridgehead atoms. The van der Waals surface area contributed by atoms with E-state index >= 15 is 0 Å². The zero-order valence-electron chi connectivity index (χ0n) is 16.8. The smallest absolute Gasteiger partial charge is 0.273 e. The molecule has 1 heterocycles. The maximum Gasteiger partial charge on any atom is 0.273 e. The molecule has 2 unspecified atom stereocenters. The van der Waals surface area contributed by atoms with Gasteiger partial charge in [-0.3, -0.25) is 19.7 Å². The third kappa shape index (κ3) is 4.62. The molecular weight excluding hydrogens is 370 g/mol. The van der Waals surface area contributed by atoms with E-state index in [1.807, 2.05) is 4.90 Å². The van der Waals surface area contributed by atoms with Crippen molar-refractivity contribution < 1.29 is 14.5 Å². The van der Waals surface area contributed by atoms with E-state index in [0.29, 0.717) is 41.7 Å². The standard InChI is InChI=1S/C22H25N3O4/c1-14-10-15(2)13-24(12-14)22(27)18-6-4-5-7-19(18)23-21(26)17-9-8-16(3)20(11-17)25(28)29/h4-9,11,14-15H,10,12-13H2,1-3H3,(H,23,26). The average molecular weight is 395 g/mol. The van der Waals surface area contributed by atoms with Crippen LogP contribution in [0, 0.1) is 28.9 Å². The zero-order chi connectivity index (χ0) is 21.1. The van der Waals surface area contributed by atoms with E-state index in [1.165, 1.54) is 12.1 Å². The second-order valence-electron chi connectivity index (χ2n) is 7.91. The Morgan fingerprint density at radius 2 is 1.76 bits per heavy atom. The molecule has 7 heteroatoms. The summed E-state index contributed by atoms with van der Waals surface area (Å²) in [6.07, 6.45) is 1.09. The summed E-state index contributed by atoms with van der Waals surface area (Å²) in [5.74, 6) is 0.248. The summed E-state index contributed by atoms with van der Waals surface area (Å²) < 4.78 is 0. The molecule has 2 aromatic rings. The van der Waals surface area contributed by atoms with Gasteiger partial charge in [0, 0.05) is 30.3 Å². The second kappa shape index (κ2) is 8.43. The van der Waals surface area contributed by atoms with Crippen molar-refractivity contribution in [2.45, 2.75) is 27.2 Å². The molecule has 1 fully saturated rings. The number of benzene rings is 2. The molecule has 7 nitrogen and oxygen atoms in total. The molecule has 0 aromatic heterocycles. The maximum absolute atomic E-state index is 13.1. The first-order chi connectivity index (χ1) is 13.8. The van der Waals surface area contributed by atoms with E-state index in [0.717, 1.165) is 6.42 Å². The highest BCUT2D eigenvalue weighted by molar-refractivity contribution is 6.09. The number of carbonyl (C=O) groups excluding carboxylic acids is 2. The van der Waals surface area contributed by atoms with E-state index in [2.05, 4.69) is 19.2 Å². The molecule has 1 N–H and O–H groups in total. The predicted molar refractivity (Wildman–Crippen MR) is 111 cm³/mol. The van der Waals surface area contributed by atoms with Gasteiger partial charge in [0.1, 0.15) is 0 Å². The number of nitro benzene ring substituents is 1. The van der Waals surface area contributed by atoms with Crippen LogP contribution < -0.4 is 5.32 Å². The number of carbonyl (C=O) groups is 2. The van der Waals surface area contributed by atoms with Crippen molar-refractivity contribution in [3.05, 3.63) is 69.3 Å². The van der Waals surface area contributed by atoms with Crippen LogP contribution in [0.5, 0.6) is 0 Å². The number of hydrogen-bond acceptors (Lipinski definition) is 4. The number of nitrogens with one attached hydrogen (secondary N) is 1. The Morgan fingerprint density at radius 1 is 1.10 bits per heavy atom. The van der Waals surface area contributed by atoms with Crippen LogP contribution in [0.3, 0.4) is 0 Å². The van der Waals surface area contributed by atoms with Crippen LogP contribution in [0.4, 0.5) is 11.4 Å². The van der Waals surface area contributed by atoms with Crippen LogP contribution in [0.1, 0.15) is 46.5 Å². The highest BCUT2D eigenvalue weighted by Gasteiger charge is 2.27. The third-order valence-corrected chi connectivity index (χ3v) is 5.23. The Kier molecular flexibility index (Phi) is 5.96. The highest BCUT2D eigenvalue weighted by Crippen LogP contribution is 2.26. The van der Waals surface area contributed by atoms with Gasteiger partial charge >= 0.3 is 0 Å². The van der Waals surface area contributed by atoms with Crippen LogP contribution in [0.15, 0.2) is 42.5 Å². The number of amides is 2. The second-order valence-corrected chi connectivity index (χ2v) is 7.91. The first-order valence-electron chi connectivity index (χ1n) is 9.71. The summed E-state index contributed by atoms with van der Waals surface area (Å²) in [7, 11) is 0. The first-order valence-corrected chi connectivity index (χ1v) is 9.71. The number of rotatable bonds is 4. The number of nitro groups is 1. The van der Waals surface area contributed by atoms with Gasteiger partial charge in [-0.15, -0.1) is 0 Å². The highest BCUT2D eigenvalue weighted by atomic mass is 16.6. The molecule has 1 aliphatic heterocycles. The maximum atomic E-state index is 13.1. The average Bonchev–Trinajstić information content (AvgIpc) is 2.67. The molecule has 0 aliphatic carbocycles. The van der Waals surface area contributed by atoms with Gasteiger partial charge in [0.15, 0.2) is 0 Å². The number of nitrogens with zero attached hydrogens (tertiary/aromatic N) is 2. The van der Waals surface area contributed by atoms with Crippen molar-refractivity contribution in [1.82, 2.24) is 4.90 Å². The topological polar surface area (TPSA) is 92.6 Å². The van der Waals surface area contributed by atoms with Gasteiger partial charge in [-0.25, -0.2) is 0 Å². The van der Waals surface area contributed by atoms with E-state index in [9.17, 15) is 19.7 Å². The molecule has 0 radical (unpaired) electrons. The minimum Gasteiger partial charge on any atom is -0.338 e. The van der Waals surface area contributed by atoms with Gasteiger partial charge in [0.25, 0.3) is 17.5 Å². The quantitative estimate of drug-likeness (QED) is 0.618. The molecule has 2 aromatic carbocycles. The number of likely N-dealkylation sites (tertiary alicyclic amines) is 1.